The SMILES string of the molecule is Cc1nn(C)c(Oc2c(Br)cc([N+](=O)[O-])cc2Br)c1CO. The van der Waals surface area contributed by atoms with Crippen LogP contribution >= 0.6 is 31.9 Å². The number of aliphatic hydroxyl groups is 1. The van der Waals surface area contributed by atoms with Crippen molar-refractivity contribution in [2.75, 3.05) is 0 Å². The van der Waals surface area contributed by atoms with Crippen LogP contribution in [-0.4, -0.2) is 19.8 Å². The Hall–Kier alpha value is -1.45. The van der Waals surface area contributed by atoms with Crippen LogP contribution in [0.15, 0.2) is 21.1 Å². The third kappa shape index (κ3) is 3.09. The van der Waals surface area contributed by atoms with Crippen LogP contribution in [0.3, 0.4) is 0 Å². The summed E-state index contributed by atoms with van der Waals surface area (Å²) in [5, 5.41) is 24.4. The minimum atomic E-state index is -0.493. The van der Waals surface area contributed by atoms with Gasteiger partial charge in [0.05, 0.1) is 31.7 Å². The number of rotatable bonds is 4. The Morgan fingerprint density at radius 2 is 2.00 bits per heavy atom. The molecule has 0 saturated heterocycles. The predicted molar refractivity (Wildman–Crippen MR) is 82.4 cm³/mol. The van der Waals surface area contributed by atoms with Crippen molar-refractivity contribution in [3.8, 4) is 11.6 Å². The highest BCUT2D eigenvalue weighted by Crippen LogP contribution is 2.40. The second kappa shape index (κ2) is 6.12. The number of halogens is 2. The van der Waals surface area contributed by atoms with Gasteiger partial charge in [0.2, 0.25) is 5.88 Å². The lowest BCUT2D eigenvalue weighted by molar-refractivity contribution is -0.385. The van der Waals surface area contributed by atoms with E-state index in [2.05, 4.69) is 37.0 Å². The lowest BCUT2D eigenvalue weighted by Crippen LogP contribution is -1.99. The van der Waals surface area contributed by atoms with E-state index >= 15 is 0 Å². The van der Waals surface area contributed by atoms with Crippen molar-refractivity contribution in [1.82, 2.24) is 9.78 Å². The summed E-state index contributed by atoms with van der Waals surface area (Å²) in [6.45, 7) is 1.55. The lowest BCUT2D eigenvalue weighted by atomic mass is 10.2. The van der Waals surface area contributed by atoms with Crippen LogP contribution in [0.2, 0.25) is 0 Å². The van der Waals surface area contributed by atoms with Crippen LogP contribution in [-0.2, 0) is 13.7 Å². The fourth-order valence-corrected chi connectivity index (χ4v) is 3.16. The average molecular weight is 421 g/mol. The molecule has 0 spiro atoms. The van der Waals surface area contributed by atoms with Gasteiger partial charge in [0, 0.05) is 19.2 Å². The number of nitrogens with zero attached hydrogens (tertiary/aromatic N) is 3. The first kappa shape index (κ1) is 15.9. The molecule has 9 heteroatoms. The summed E-state index contributed by atoms with van der Waals surface area (Å²) in [5.41, 5.74) is 1.16. The quantitative estimate of drug-likeness (QED) is 0.604. The zero-order valence-corrected chi connectivity index (χ0v) is 14.3. The minimum Gasteiger partial charge on any atom is -0.437 e. The molecule has 0 aliphatic heterocycles. The van der Waals surface area contributed by atoms with Gasteiger partial charge >= 0.3 is 0 Å². The third-order valence-corrected chi connectivity index (χ3v) is 4.02. The minimum absolute atomic E-state index is 0.0651. The molecule has 0 aliphatic rings. The number of nitro groups is 1. The maximum Gasteiger partial charge on any atom is 0.271 e. The summed E-state index contributed by atoms with van der Waals surface area (Å²) in [6, 6.07) is 2.70. The molecule has 1 heterocycles. The first-order valence-corrected chi connectivity index (χ1v) is 7.38. The molecule has 0 saturated carbocycles. The van der Waals surface area contributed by atoms with Gasteiger partial charge in [-0.15, -0.1) is 0 Å². The highest BCUT2D eigenvalue weighted by atomic mass is 79.9. The van der Waals surface area contributed by atoms with Gasteiger partial charge in [-0.25, -0.2) is 4.68 Å². The molecule has 0 aliphatic carbocycles. The number of non-ortho nitro benzene ring substituents is 1. The van der Waals surface area contributed by atoms with Crippen molar-refractivity contribution < 1.29 is 14.8 Å². The van der Waals surface area contributed by atoms with E-state index in [4.69, 9.17) is 4.74 Å². The Labute approximate surface area is 136 Å². The lowest BCUT2D eigenvalue weighted by Gasteiger charge is -2.11. The van der Waals surface area contributed by atoms with Gasteiger partial charge < -0.3 is 9.84 Å². The Morgan fingerprint density at radius 3 is 2.48 bits per heavy atom. The maximum absolute atomic E-state index is 10.8. The summed E-state index contributed by atoms with van der Waals surface area (Å²) < 4.78 is 8.12. The molecule has 1 N–H and O–H groups in total. The molecule has 0 unspecified atom stereocenters. The Kier molecular flexibility index (Phi) is 4.64. The van der Waals surface area contributed by atoms with Crippen molar-refractivity contribution in [2.24, 2.45) is 7.05 Å². The van der Waals surface area contributed by atoms with Gasteiger partial charge in [-0.05, 0) is 38.8 Å². The number of ether oxygens (including phenoxy) is 1. The van der Waals surface area contributed by atoms with E-state index in [1.54, 1.807) is 14.0 Å². The number of hydrogen-bond donors (Lipinski definition) is 1. The van der Waals surface area contributed by atoms with E-state index in [0.29, 0.717) is 31.8 Å². The van der Waals surface area contributed by atoms with Gasteiger partial charge in [-0.2, -0.15) is 5.10 Å². The number of aryl methyl sites for hydroxylation is 2. The number of nitro benzene ring substituents is 1. The molecular weight excluding hydrogens is 410 g/mol. The highest BCUT2D eigenvalue weighted by molar-refractivity contribution is 9.11. The fourth-order valence-electron chi connectivity index (χ4n) is 1.84. The second-order valence-corrected chi connectivity index (χ2v) is 5.96. The zero-order valence-electron chi connectivity index (χ0n) is 11.1. The van der Waals surface area contributed by atoms with E-state index in [9.17, 15) is 15.2 Å². The standard InChI is InChI=1S/C12H11Br2N3O4/c1-6-8(5-18)12(16(2)15-6)21-11-9(13)3-7(17(19)20)4-10(11)14/h3-4,18H,5H2,1-2H3. The summed E-state index contributed by atoms with van der Waals surface area (Å²) in [6.07, 6.45) is 0. The largest absolute Gasteiger partial charge is 0.437 e. The van der Waals surface area contributed by atoms with Crippen molar-refractivity contribution in [1.29, 1.82) is 0 Å². The molecule has 21 heavy (non-hydrogen) atoms. The predicted octanol–water partition coefficient (Wildman–Crippen LogP) is 3.45. The Balaban J connectivity index is 2.48. The molecule has 7 nitrogen and oxygen atoms in total. The topological polar surface area (TPSA) is 90.4 Å². The van der Waals surface area contributed by atoms with E-state index < -0.39 is 4.92 Å². The molecule has 1 aromatic heterocycles. The monoisotopic (exact) mass is 419 g/mol. The van der Waals surface area contributed by atoms with Gasteiger partial charge in [-0.3, -0.25) is 10.1 Å². The molecule has 1 aromatic carbocycles. The van der Waals surface area contributed by atoms with Crippen molar-refractivity contribution in [3.05, 3.63) is 42.4 Å². The van der Waals surface area contributed by atoms with Crippen LogP contribution in [0.25, 0.3) is 0 Å². The van der Waals surface area contributed by atoms with Crippen LogP contribution < -0.4 is 4.74 Å². The molecule has 0 bridgehead atoms. The van der Waals surface area contributed by atoms with Gasteiger partial charge in [0.25, 0.3) is 5.69 Å². The van der Waals surface area contributed by atoms with E-state index in [1.807, 2.05) is 0 Å². The van der Waals surface area contributed by atoms with Crippen LogP contribution in [0.5, 0.6) is 11.6 Å². The van der Waals surface area contributed by atoms with Crippen molar-refractivity contribution in [2.45, 2.75) is 13.5 Å². The smallest absolute Gasteiger partial charge is 0.271 e. The number of aromatic nitrogens is 2. The van der Waals surface area contributed by atoms with Gasteiger partial charge in [0.15, 0.2) is 5.75 Å². The zero-order chi connectivity index (χ0) is 15.7. The Morgan fingerprint density at radius 1 is 1.43 bits per heavy atom. The number of hydrogen-bond acceptors (Lipinski definition) is 5. The van der Waals surface area contributed by atoms with Crippen molar-refractivity contribution in [3.63, 3.8) is 0 Å². The van der Waals surface area contributed by atoms with Crippen LogP contribution in [0.1, 0.15) is 11.3 Å². The van der Waals surface area contributed by atoms with E-state index in [-0.39, 0.29) is 12.3 Å². The molecule has 0 amide bonds. The maximum atomic E-state index is 10.8. The number of aliphatic hydroxyl groups excluding tert-OH is 1. The van der Waals surface area contributed by atoms with Crippen LogP contribution in [0, 0.1) is 17.0 Å². The van der Waals surface area contributed by atoms with Crippen LogP contribution in [0.4, 0.5) is 5.69 Å². The van der Waals surface area contributed by atoms with Gasteiger partial charge in [-0.1, -0.05) is 0 Å². The van der Waals surface area contributed by atoms with E-state index in [1.165, 1.54) is 16.8 Å². The highest BCUT2D eigenvalue weighted by Gasteiger charge is 2.20. The first-order valence-electron chi connectivity index (χ1n) is 5.79. The third-order valence-electron chi connectivity index (χ3n) is 2.84. The fraction of sp³-hybridized carbons (Fsp3) is 0.250. The average Bonchev–Trinajstić information content (AvgIpc) is 2.67. The molecule has 0 radical (unpaired) electrons. The Bertz CT molecular complexity index is 692. The summed E-state index contributed by atoms with van der Waals surface area (Å²) in [4.78, 5) is 10.3. The molecule has 112 valence electrons. The molecule has 2 rings (SSSR count). The van der Waals surface area contributed by atoms with Gasteiger partial charge in [0.1, 0.15) is 0 Å². The molecule has 2 aromatic rings. The summed E-state index contributed by atoms with van der Waals surface area (Å²) in [7, 11) is 1.69. The second-order valence-electron chi connectivity index (χ2n) is 4.25. The molecule has 0 fully saturated rings. The van der Waals surface area contributed by atoms with E-state index in [0.717, 1.165) is 0 Å². The van der Waals surface area contributed by atoms with Crippen molar-refractivity contribution >= 4 is 37.5 Å². The number of benzene rings is 1. The normalized spacial score (nSPS) is 10.7. The molecule has 0 atom stereocenters. The summed E-state index contributed by atoms with van der Waals surface area (Å²) >= 11 is 6.50. The molecular formula is C12H11Br2N3O4. The summed E-state index contributed by atoms with van der Waals surface area (Å²) in [5.74, 6) is 0.753. The first-order chi connectivity index (χ1) is 9.85.